The summed E-state index contributed by atoms with van der Waals surface area (Å²) in [4.78, 5) is 0. The van der Waals surface area contributed by atoms with Crippen LogP contribution in [0.2, 0.25) is 0 Å². The highest BCUT2D eigenvalue weighted by Crippen LogP contribution is 2.28. The second-order valence-electron chi connectivity index (χ2n) is 4.88. The van der Waals surface area contributed by atoms with Gasteiger partial charge in [-0.25, -0.2) is 4.31 Å². The Hall–Kier alpha value is -1.85. The van der Waals surface area contributed by atoms with Crippen molar-refractivity contribution in [1.29, 1.82) is 0 Å². The van der Waals surface area contributed by atoms with Crippen molar-refractivity contribution in [2.45, 2.75) is 20.3 Å². The van der Waals surface area contributed by atoms with Gasteiger partial charge in [-0.1, -0.05) is 42.5 Å². The minimum atomic E-state index is -4.27. The maximum atomic E-state index is 11.6. The highest BCUT2D eigenvalue weighted by atomic mass is 32.2. The Balaban J connectivity index is 2.50. The van der Waals surface area contributed by atoms with Crippen LogP contribution >= 0.6 is 0 Å². The van der Waals surface area contributed by atoms with Gasteiger partial charge in [0.05, 0.1) is 5.69 Å². The molecule has 2 aromatic rings. The number of anilines is 1. The first-order chi connectivity index (χ1) is 9.93. The maximum Gasteiger partial charge on any atom is 0.359 e. The highest BCUT2D eigenvalue weighted by Gasteiger charge is 2.21. The third kappa shape index (κ3) is 3.62. The zero-order chi connectivity index (χ0) is 15.5. The van der Waals surface area contributed by atoms with Gasteiger partial charge in [-0.05, 0) is 43.0 Å². The lowest BCUT2D eigenvalue weighted by Crippen LogP contribution is -2.31. The van der Waals surface area contributed by atoms with Crippen molar-refractivity contribution in [3.63, 3.8) is 0 Å². The van der Waals surface area contributed by atoms with Gasteiger partial charge in [0.25, 0.3) is 0 Å². The Morgan fingerprint density at radius 1 is 1.05 bits per heavy atom. The van der Waals surface area contributed by atoms with E-state index in [1.54, 1.807) is 19.1 Å². The van der Waals surface area contributed by atoms with E-state index in [0.717, 1.165) is 21.0 Å². The molecule has 0 aliphatic rings. The van der Waals surface area contributed by atoms with E-state index < -0.39 is 10.3 Å². The van der Waals surface area contributed by atoms with E-state index in [-0.39, 0.29) is 6.54 Å². The molecule has 1 N–H and O–H groups in total. The summed E-state index contributed by atoms with van der Waals surface area (Å²) in [7, 11) is -4.27. The Morgan fingerprint density at radius 3 is 2.29 bits per heavy atom. The fourth-order valence-electron chi connectivity index (χ4n) is 2.41. The minimum absolute atomic E-state index is 0.185. The van der Waals surface area contributed by atoms with Crippen LogP contribution in [0.5, 0.6) is 0 Å². The molecule has 5 heteroatoms. The van der Waals surface area contributed by atoms with Crippen molar-refractivity contribution in [2.75, 3.05) is 10.8 Å². The van der Waals surface area contributed by atoms with Crippen LogP contribution in [0.4, 0.5) is 5.69 Å². The van der Waals surface area contributed by atoms with Crippen LogP contribution in [0.1, 0.15) is 23.6 Å². The van der Waals surface area contributed by atoms with Gasteiger partial charge in [-0.2, -0.15) is 8.42 Å². The monoisotopic (exact) mass is 305 g/mol. The molecule has 0 aliphatic carbocycles. The van der Waals surface area contributed by atoms with Crippen molar-refractivity contribution in [3.8, 4) is 0 Å². The van der Waals surface area contributed by atoms with E-state index in [1.807, 2.05) is 43.3 Å². The lowest BCUT2D eigenvalue weighted by molar-refractivity contribution is 0.478. The molecule has 0 spiro atoms. The number of nitrogens with zero attached hydrogens (tertiary/aromatic N) is 1. The molecular formula is C16H19NO3S. The summed E-state index contributed by atoms with van der Waals surface area (Å²) < 4.78 is 33.6. The van der Waals surface area contributed by atoms with Crippen LogP contribution < -0.4 is 4.31 Å². The predicted octanol–water partition coefficient (Wildman–Crippen LogP) is 3.21. The Morgan fingerprint density at radius 2 is 1.71 bits per heavy atom. The number of rotatable bonds is 5. The Bertz CT molecular complexity index is 712. The predicted molar refractivity (Wildman–Crippen MR) is 85.0 cm³/mol. The van der Waals surface area contributed by atoms with Crippen molar-refractivity contribution in [3.05, 3.63) is 65.2 Å². The van der Waals surface area contributed by atoms with Crippen LogP contribution in [0, 0.1) is 6.92 Å². The van der Waals surface area contributed by atoms with Gasteiger partial charge < -0.3 is 0 Å². The van der Waals surface area contributed by atoms with E-state index >= 15 is 0 Å². The topological polar surface area (TPSA) is 57.6 Å². The molecule has 2 aromatic carbocycles. The van der Waals surface area contributed by atoms with E-state index in [1.165, 1.54) is 0 Å². The van der Waals surface area contributed by atoms with Crippen LogP contribution in [0.15, 0.2) is 48.5 Å². The summed E-state index contributed by atoms with van der Waals surface area (Å²) in [6, 6.07) is 15.3. The molecule has 0 saturated heterocycles. The summed E-state index contributed by atoms with van der Waals surface area (Å²) in [6.45, 7) is 3.83. The molecule has 0 bridgehead atoms. The van der Waals surface area contributed by atoms with Gasteiger partial charge in [0.2, 0.25) is 0 Å². The maximum absolute atomic E-state index is 11.6. The molecule has 4 nitrogen and oxygen atoms in total. The highest BCUT2D eigenvalue weighted by molar-refractivity contribution is 7.87. The molecule has 112 valence electrons. The second-order valence-corrected chi connectivity index (χ2v) is 6.21. The van der Waals surface area contributed by atoms with Crippen LogP contribution in [0.3, 0.4) is 0 Å². The van der Waals surface area contributed by atoms with Crippen molar-refractivity contribution in [2.24, 2.45) is 0 Å². The van der Waals surface area contributed by atoms with E-state index in [2.05, 4.69) is 0 Å². The largest absolute Gasteiger partial charge is 0.359 e. The molecule has 0 radical (unpaired) electrons. The molecule has 0 amide bonds. The van der Waals surface area contributed by atoms with Gasteiger partial charge in [-0.15, -0.1) is 0 Å². The molecule has 2 rings (SSSR count). The van der Waals surface area contributed by atoms with Gasteiger partial charge in [0.15, 0.2) is 0 Å². The third-order valence-corrected chi connectivity index (χ3v) is 4.46. The van der Waals surface area contributed by atoms with E-state index in [0.29, 0.717) is 12.1 Å². The molecule has 0 heterocycles. The molecule has 0 unspecified atom stereocenters. The van der Waals surface area contributed by atoms with Crippen LogP contribution in [-0.4, -0.2) is 19.5 Å². The van der Waals surface area contributed by atoms with Gasteiger partial charge in [-0.3, -0.25) is 4.55 Å². The number of hydrogen-bond donors (Lipinski definition) is 1. The first kappa shape index (κ1) is 15.5. The van der Waals surface area contributed by atoms with Crippen molar-refractivity contribution in [1.82, 2.24) is 0 Å². The van der Waals surface area contributed by atoms with Gasteiger partial charge in [0.1, 0.15) is 0 Å². The van der Waals surface area contributed by atoms with Gasteiger partial charge >= 0.3 is 10.3 Å². The fraction of sp³-hybridized carbons (Fsp3) is 0.250. The molecular weight excluding hydrogens is 286 g/mol. The number of aryl methyl sites for hydroxylation is 1. The number of benzene rings is 2. The molecule has 0 aromatic heterocycles. The molecule has 0 atom stereocenters. The summed E-state index contributed by atoms with van der Waals surface area (Å²) in [5, 5.41) is 0. The molecule has 0 saturated carbocycles. The average Bonchev–Trinajstić information content (AvgIpc) is 2.43. The zero-order valence-corrected chi connectivity index (χ0v) is 13.0. The molecule has 0 fully saturated rings. The Labute approximate surface area is 125 Å². The summed E-state index contributed by atoms with van der Waals surface area (Å²) in [5.74, 6) is 0. The lowest BCUT2D eigenvalue weighted by Gasteiger charge is -2.23. The first-order valence-electron chi connectivity index (χ1n) is 6.81. The molecule has 21 heavy (non-hydrogen) atoms. The van der Waals surface area contributed by atoms with Crippen LogP contribution in [-0.2, 0) is 16.7 Å². The van der Waals surface area contributed by atoms with Crippen LogP contribution in [0.25, 0.3) is 0 Å². The van der Waals surface area contributed by atoms with Crippen molar-refractivity contribution >= 4 is 16.0 Å². The molecule has 0 aliphatic heterocycles. The Kier molecular flexibility index (Phi) is 4.65. The summed E-state index contributed by atoms with van der Waals surface area (Å²) >= 11 is 0. The summed E-state index contributed by atoms with van der Waals surface area (Å²) in [6.07, 6.45) is 0.620. The number of hydrogen-bond acceptors (Lipinski definition) is 2. The SMILES string of the molecule is CCN(c1cccc(C)c1Cc1ccccc1)S(=O)(=O)O. The van der Waals surface area contributed by atoms with E-state index in [4.69, 9.17) is 0 Å². The quantitative estimate of drug-likeness (QED) is 0.863. The average molecular weight is 305 g/mol. The standard InChI is InChI=1S/C16H19NO3S/c1-3-17(21(18,19)20)16-11-7-8-13(2)15(16)12-14-9-5-4-6-10-14/h4-11H,3,12H2,1-2H3,(H,18,19,20). The fourth-order valence-corrected chi connectivity index (χ4v) is 3.15. The van der Waals surface area contributed by atoms with Crippen molar-refractivity contribution < 1.29 is 13.0 Å². The lowest BCUT2D eigenvalue weighted by atomic mass is 9.98. The second kappa shape index (κ2) is 6.28. The summed E-state index contributed by atoms with van der Waals surface area (Å²) in [5.41, 5.74) is 3.53. The minimum Gasteiger partial charge on any atom is -0.269 e. The zero-order valence-electron chi connectivity index (χ0n) is 12.2. The van der Waals surface area contributed by atoms with E-state index in [9.17, 15) is 13.0 Å². The third-order valence-electron chi connectivity index (χ3n) is 3.44. The smallest absolute Gasteiger partial charge is 0.269 e. The first-order valence-corrected chi connectivity index (χ1v) is 8.20. The normalized spacial score (nSPS) is 11.4. The van der Waals surface area contributed by atoms with Gasteiger partial charge in [0, 0.05) is 6.54 Å².